The number of aromatic nitrogens is 2. The predicted octanol–water partition coefficient (Wildman–Crippen LogP) is 2.09. The minimum absolute atomic E-state index is 0.169. The average molecular weight is 331 g/mol. The van der Waals surface area contributed by atoms with Crippen LogP contribution in [0.4, 0.5) is 0 Å². The van der Waals surface area contributed by atoms with Gasteiger partial charge in [0.25, 0.3) is 5.91 Å². The van der Waals surface area contributed by atoms with Crippen molar-refractivity contribution >= 4 is 23.4 Å². The number of benzene rings is 1. The molecule has 0 atom stereocenters. The van der Waals surface area contributed by atoms with Gasteiger partial charge in [0.05, 0.1) is 5.41 Å². The van der Waals surface area contributed by atoms with Crippen LogP contribution in [0.2, 0.25) is 0 Å². The summed E-state index contributed by atoms with van der Waals surface area (Å²) in [6.45, 7) is 0.852. The van der Waals surface area contributed by atoms with Crippen LogP contribution in [-0.2, 0) is 11.2 Å². The fourth-order valence-electron chi connectivity index (χ4n) is 3.01. The summed E-state index contributed by atoms with van der Waals surface area (Å²) in [5.41, 5.74) is 0.539. The van der Waals surface area contributed by atoms with Gasteiger partial charge >= 0.3 is 5.97 Å². The van der Waals surface area contributed by atoms with E-state index in [0.717, 1.165) is 17.1 Å². The van der Waals surface area contributed by atoms with Crippen LogP contribution in [0, 0.1) is 5.41 Å². The molecule has 7 heteroatoms. The van der Waals surface area contributed by atoms with E-state index in [1.807, 2.05) is 30.3 Å². The third-order valence-electron chi connectivity index (χ3n) is 4.43. The number of hydrogen-bond donors (Lipinski definition) is 1. The van der Waals surface area contributed by atoms with Crippen LogP contribution < -0.4 is 0 Å². The Labute approximate surface area is 137 Å². The van der Waals surface area contributed by atoms with E-state index in [9.17, 15) is 14.7 Å². The maximum absolute atomic E-state index is 12.3. The van der Waals surface area contributed by atoms with Crippen molar-refractivity contribution in [3.63, 3.8) is 0 Å². The van der Waals surface area contributed by atoms with Crippen LogP contribution in [-0.4, -0.2) is 44.6 Å². The summed E-state index contributed by atoms with van der Waals surface area (Å²) < 4.78 is 3.70. The number of nitrogens with zero attached hydrogens (tertiary/aromatic N) is 3. The molecule has 6 nitrogen and oxygen atoms in total. The van der Waals surface area contributed by atoms with Gasteiger partial charge in [-0.3, -0.25) is 9.59 Å². The average Bonchev–Trinajstić information content (AvgIpc) is 3.10. The van der Waals surface area contributed by atoms with Crippen molar-refractivity contribution in [2.45, 2.75) is 19.3 Å². The van der Waals surface area contributed by atoms with E-state index in [1.54, 1.807) is 10.3 Å². The number of amides is 1. The minimum atomic E-state index is -0.807. The molecule has 1 saturated heterocycles. The minimum Gasteiger partial charge on any atom is -0.481 e. The molecule has 2 aromatic rings. The number of carboxylic acids is 1. The zero-order chi connectivity index (χ0) is 16.3. The fourth-order valence-corrected chi connectivity index (χ4v) is 3.44. The third-order valence-corrected chi connectivity index (χ3v) is 4.93. The van der Waals surface area contributed by atoms with E-state index in [-0.39, 0.29) is 5.91 Å². The lowest BCUT2D eigenvalue weighted by molar-refractivity contribution is -0.151. The molecule has 120 valence electrons. The lowest BCUT2D eigenvalue weighted by Crippen LogP contribution is -2.47. The van der Waals surface area contributed by atoms with Crippen LogP contribution in [0.25, 0.3) is 0 Å². The van der Waals surface area contributed by atoms with Crippen LogP contribution in [0.5, 0.6) is 0 Å². The largest absolute Gasteiger partial charge is 0.481 e. The Hall–Kier alpha value is -2.28. The van der Waals surface area contributed by atoms with Crippen molar-refractivity contribution in [2.24, 2.45) is 5.41 Å². The quantitative estimate of drug-likeness (QED) is 0.927. The van der Waals surface area contributed by atoms with Gasteiger partial charge in [-0.15, -0.1) is 5.10 Å². The summed E-state index contributed by atoms with van der Waals surface area (Å²) in [5.74, 6) is -0.957. The van der Waals surface area contributed by atoms with Crippen molar-refractivity contribution in [3.05, 3.63) is 47.0 Å². The fraction of sp³-hybridized carbons (Fsp3) is 0.375. The standard InChI is InChI=1S/C16H17N3O3S/c20-14(13-11-23-18-17-13)19-8-6-16(7-9-19,15(21)22)10-12-4-2-1-3-5-12/h1-5,11H,6-10H2,(H,21,22). The second-order valence-corrected chi connectivity index (χ2v) is 6.44. The summed E-state index contributed by atoms with van der Waals surface area (Å²) in [6, 6.07) is 9.64. The Morgan fingerprint density at radius 1 is 1.22 bits per heavy atom. The number of carboxylic acid groups (broad SMARTS) is 1. The number of hydrogen-bond acceptors (Lipinski definition) is 5. The van der Waals surface area contributed by atoms with Crippen molar-refractivity contribution < 1.29 is 14.7 Å². The van der Waals surface area contributed by atoms with Gasteiger partial charge < -0.3 is 10.0 Å². The Kier molecular flexibility index (Phi) is 4.38. The molecule has 1 aliphatic heterocycles. The number of piperidine rings is 1. The molecule has 1 aromatic heterocycles. The summed E-state index contributed by atoms with van der Waals surface area (Å²) >= 11 is 1.14. The molecule has 3 rings (SSSR count). The predicted molar refractivity (Wildman–Crippen MR) is 85.3 cm³/mol. The van der Waals surface area contributed by atoms with Crippen molar-refractivity contribution in [2.75, 3.05) is 13.1 Å². The Bertz CT molecular complexity index is 680. The summed E-state index contributed by atoms with van der Waals surface area (Å²) in [5, 5.41) is 15.1. The van der Waals surface area contributed by atoms with E-state index in [0.29, 0.717) is 38.0 Å². The highest BCUT2D eigenvalue weighted by Gasteiger charge is 2.42. The molecule has 0 radical (unpaired) electrons. The van der Waals surface area contributed by atoms with Crippen LogP contribution in [0.1, 0.15) is 28.9 Å². The summed E-state index contributed by atoms with van der Waals surface area (Å²) in [7, 11) is 0. The lowest BCUT2D eigenvalue weighted by Gasteiger charge is -2.38. The maximum Gasteiger partial charge on any atom is 0.310 e. The van der Waals surface area contributed by atoms with Gasteiger partial charge in [0, 0.05) is 18.5 Å². The molecule has 1 N–H and O–H groups in total. The first-order valence-corrected chi connectivity index (χ1v) is 8.28. The zero-order valence-electron chi connectivity index (χ0n) is 12.5. The van der Waals surface area contributed by atoms with E-state index in [2.05, 4.69) is 9.59 Å². The molecule has 1 aromatic carbocycles. The van der Waals surface area contributed by atoms with Gasteiger partial charge in [-0.2, -0.15) is 0 Å². The van der Waals surface area contributed by atoms with E-state index >= 15 is 0 Å². The monoisotopic (exact) mass is 331 g/mol. The maximum atomic E-state index is 12.3. The number of rotatable bonds is 4. The van der Waals surface area contributed by atoms with E-state index in [1.165, 1.54) is 0 Å². The smallest absolute Gasteiger partial charge is 0.310 e. The SMILES string of the molecule is O=C(c1csnn1)N1CCC(Cc2ccccc2)(C(=O)O)CC1. The Balaban J connectivity index is 1.71. The highest BCUT2D eigenvalue weighted by Crippen LogP contribution is 2.36. The summed E-state index contributed by atoms with van der Waals surface area (Å²) in [6.07, 6.45) is 1.38. The van der Waals surface area contributed by atoms with Crippen LogP contribution in [0.15, 0.2) is 35.7 Å². The normalized spacial score (nSPS) is 17.0. The summed E-state index contributed by atoms with van der Waals surface area (Å²) in [4.78, 5) is 25.8. The van der Waals surface area contributed by atoms with Gasteiger partial charge in [-0.05, 0) is 36.4 Å². The third kappa shape index (κ3) is 3.24. The van der Waals surface area contributed by atoms with Crippen molar-refractivity contribution in [3.8, 4) is 0 Å². The number of carbonyl (C=O) groups is 2. The van der Waals surface area contributed by atoms with Crippen LogP contribution >= 0.6 is 11.5 Å². The van der Waals surface area contributed by atoms with E-state index < -0.39 is 11.4 Å². The molecule has 2 heterocycles. The first kappa shape index (κ1) is 15.6. The molecule has 0 saturated carbocycles. The van der Waals surface area contributed by atoms with Crippen molar-refractivity contribution in [1.29, 1.82) is 0 Å². The number of likely N-dealkylation sites (tertiary alicyclic amines) is 1. The van der Waals surface area contributed by atoms with Gasteiger partial charge in [0.1, 0.15) is 0 Å². The Morgan fingerprint density at radius 3 is 2.48 bits per heavy atom. The van der Waals surface area contributed by atoms with Crippen LogP contribution in [0.3, 0.4) is 0 Å². The first-order chi connectivity index (χ1) is 11.1. The molecule has 0 unspecified atom stereocenters. The molecular weight excluding hydrogens is 314 g/mol. The van der Waals surface area contributed by atoms with Gasteiger partial charge in [0.15, 0.2) is 5.69 Å². The molecule has 0 spiro atoms. The Morgan fingerprint density at radius 2 is 1.91 bits per heavy atom. The second-order valence-electron chi connectivity index (χ2n) is 5.83. The molecule has 1 amide bonds. The molecule has 0 aliphatic carbocycles. The lowest BCUT2D eigenvalue weighted by atomic mass is 9.74. The molecule has 1 fully saturated rings. The second kappa shape index (κ2) is 6.45. The molecule has 0 bridgehead atoms. The van der Waals surface area contributed by atoms with E-state index in [4.69, 9.17) is 0 Å². The number of carbonyl (C=O) groups excluding carboxylic acids is 1. The van der Waals surface area contributed by atoms with Gasteiger partial charge in [-0.25, -0.2) is 0 Å². The topological polar surface area (TPSA) is 83.4 Å². The molecule has 23 heavy (non-hydrogen) atoms. The van der Waals surface area contributed by atoms with Crippen molar-refractivity contribution in [1.82, 2.24) is 14.5 Å². The molecular formula is C16H17N3O3S. The van der Waals surface area contributed by atoms with Gasteiger partial charge in [0.2, 0.25) is 0 Å². The highest BCUT2D eigenvalue weighted by molar-refractivity contribution is 7.03. The number of aliphatic carboxylic acids is 1. The highest BCUT2D eigenvalue weighted by atomic mass is 32.1. The van der Waals surface area contributed by atoms with Gasteiger partial charge in [-0.1, -0.05) is 34.8 Å². The first-order valence-electron chi connectivity index (χ1n) is 7.44. The molecule has 1 aliphatic rings. The zero-order valence-corrected chi connectivity index (χ0v) is 13.3.